The summed E-state index contributed by atoms with van der Waals surface area (Å²) in [6, 6.07) is 1.79. The molecule has 5 heteroatoms. The summed E-state index contributed by atoms with van der Waals surface area (Å²) in [6.45, 7) is 5.85. The molecular formula is C15H24N4S. The number of nitrogens with zero attached hydrogens (tertiary/aromatic N) is 4. The first-order valence-electron chi connectivity index (χ1n) is 8.18. The third-order valence-electron chi connectivity index (χ3n) is 5.17. The highest BCUT2D eigenvalue weighted by atomic mass is 32.1. The Morgan fingerprint density at radius 2 is 2.10 bits per heavy atom. The van der Waals surface area contributed by atoms with Crippen LogP contribution in [0.4, 0.5) is 5.13 Å². The van der Waals surface area contributed by atoms with Crippen LogP contribution in [0.5, 0.6) is 0 Å². The summed E-state index contributed by atoms with van der Waals surface area (Å²) in [6.07, 6.45) is 7.96. The fraction of sp³-hybridized carbons (Fsp3) is 0.867. The molecule has 2 aliphatic heterocycles. The molecular weight excluding hydrogens is 268 g/mol. The first-order chi connectivity index (χ1) is 9.85. The molecule has 0 spiro atoms. The second kappa shape index (κ2) is 5.26. The molecule has 20 heavy (non-hydrogen) atoms. The maximum Gasteiger partial charge on any atom is 0.205 e. The molecule has 3 heterocycles. The van der Waals surface area contributed by atoms with E-state index in [9.17, 15) is 0 Å². The van der Waals surface area contributed by atoms with E-state index in [0.717, 1.165) is 35.4 Å². The van der Waals surface area contributed by atoms with Gasteiger partial charge in [0.25, 0.3) is 0 Å². The minimum Gasteiger partial charge on any atom is -0.346 e. The molecule has 0 unspecified atom stereocenters. The molecule has 1 aliphatic carbocycles. The lowest BCUT2D eigenvalue weighted by molar-refractivity contribution is 0.0698. The quantitative estimate of drug-likeness (QED) is 0.857. The van der Waals surface area contributed by atoms with Gasteiger partial charge in [0.1, 0.15) is 5.82 Å². The number of hydrogen-bond acceptors (Lipinski definition) is 5. The summed E-state index contributed by atoms with van der Waals surface area (Å²) in [7, 11) is 0. The summed E-state index contributed by atoms with van der Waals surface area (Å²) in [5, 5.41) is 1.16. The van der Waals surface area contributed by atoms with Gasteiger partial charge in [-0.3, -0.25) is 4.90 Å². The number of fused-ring (bicyclic) bond motifs is 1. The van der Waals surface area contributed by atoms with Gasteiger partial charge in [-0.2, -0.15) is 4.37 Å². The van der Waals surface area contributed by atoms with E-state index in [1.807, 2.05) is 0 Å². The summed E-state index contributed by atoms with van der Waals surface area (Å²) < 4.78 is 4.45. The van der Waals surface area contributed by atoms with Crippen LogP contribution < -0.4 is 4.90 Å². The van der Waals surface area contributed by atoms with Gasteiger partial charge in [0, 0.05) is 43.1 Å². The molecule has 1 aromatic heterocycles. The number of piperidine rings is 2. The molecule has 0 N–H and O–H groups in total. The monoisotopic (exact) mass is 292 g/mol. The van der Waals surface area contributed by atoms with Gasteiger partial charge in [-0.05, 0) is 44.6 Å². The van der Waals surface area contributed by atoms with Gasteiger partial charge in [-0.25, -0.2) is 4.98 Å². The Balaban J connectivity index is 1.46. The van der Waals surface area contributed by atoms with Crippen LogP contribution in [-0.4, -0.2) is 46.0 Å². The molecule has 3 fully saturated rings. The third-order valence-corrected chi connectivity index (χ3v) is 5.99. The highest BCUT2D eigenvalue weighted by molar-refractivity contribution is 7.09. The lowest BCUT2D eigenvalue weighted by Gasteiger charge is -2.47. The van der Waals surface area contributed by atoms with Crippen LogP contribution in [-0.2, 0) is 6.42 Å². The number of aromatic nitrogens is 2. The molecule has 2 saturated heterocycles. The topological polar surface area (TPSA) is 32.3 Å². The van der Waals surface area contributed by atoms with Crippen molar-refractivity contribution in [1.82, 2.24) is 14.3 Å². The highest BCUT2D eigenvalue weighted by Crippen LogP contribution is 2.39. The Morgan fingerprint density at radius 3 is 2.85 bits per heavy atom. The van der Waals surface area contributed by atoms with E-state index in [1.54, 1.807) is 11.5 Å². The first kappa shape index (κ1) is 13.0. The summed E-state index contributed by atoms with van der Waals surface area (Å²) in [5.41, 5.74) is 0. The van der Waals surface area contributed by atoms with E-state index in [-0.39, 0.29) is 0 Å². The average molecular weight is 292 g/mol. The predicted molar refractivity (Wildman–Crippen MR) is 82.4 cm³/mol. The van der Waals surface area contributed by atoms with Crippen molar-refractivity contribution in [2.45, 2.75) is 57.5 Å². The Kier molecular flexibility index (Phi) is 3.42. The van der Waals surface area contributed by atoms with Crippen molar-refractivity contribution in [3.05, 3.63) is 5.82 Å². The van der Waals surface area contributed by atoms with Crippen LogP contribution in [0.25, 0.3) is 0 Å². The number of hydrogen-bond donors (Lipinski definition) is 0. The molecule has 110 valence electrons. The molecule has 1 saturated carbocycles. The fourth-order valence-corrected chi connectivity index (χ4v) is 4.78. The Morgan fingerprint density at radius 1 is 1.20 bits per heavy atom. The van der Waals surface area contributed by atoms with Gasteiger partial charge in [-0.1, -0.05) is 6.92 Å². The second-order valence-electron chi connectivity index (χ2n) is 6.52. The maximum atomic E-state index is 4.68. The fourth-order valence-electron chi connectivity index (χ4n) is 3.99. The molecule has 0 radical (unpaired) electrons. The normalized spacial score (nSPS) is 31.4. The van der Waals surface area contributed by atoms with Gasteiger partial charge in [0.05, 0.1) is 0 Å². The van der Waals surface area contributed by atoms with Crippen LogP contribution >= 0.6 is 11.5 Å². The van der Waals surface area contributed by atoms with Gasteiger partial charge in [-0.15, -0.1) is 0 Å². The molecule has 4 nitrogen and oxygen atoms in total. The molecule has 2 atom stereocenters. The van der Waals surface area contributed by atoms with E-state index in [4.69, 9.17) is 0 Å². The van der Waals surface area contributed by atoms with Gasteiger partial charge in [0.15, 0.2) is 0 Å². The smallest absolute Gasteiger partial charge is 0.205 e. The summed E-state index contributed by atoms with van der Waals surface area (Å²) in [4.78, 5) is 10.0. The van der Waals surface area contributed by atoms with Crippen molar-refractivity contribution >= 4 is 16.7 Å². The average Bonchev–Trinajstić information content (AvgIpc) is 3.23. The lowest BCUT2D eigenvalue weighted by Crippen LogP contribution is -2.54. The van der Waals surface area contributed by atoms with E-state index in [1.165, 1.54) is 51.7 Å². The number of anilines is 1. The second-order valence-corrected chi connectivity index (χ2v) is 7.25. The molecule has 0 bridgehead atoms. The van der Waals surface area contributed by atoms with Crippen molar-refractivity contribution in [3.8, 4) is 0 Å². The Labute approximate surface area is 125 Å². The van der Waals surface area contributed by atoms with Crippen molar-refractivity contribution in [2.75, 3.05) is 24.5 Å². The van der Waals surface area contributed by atoms with Crippen LogP contribution in [0.1, 0.15) is 44.9 Å². The zero-order chi connectivity index (χ0) is 13.5. The first-order valence-corrected chi connectivity index (χ1v) is 8.95. The maximum absolute atomic E-state index is 4.68. The number of rotatable bonds is 3. The lowest BCUT2D eigenvalue weighted by atomic mass is 9.84. The number of likely N-dealkylation sites (tertiary alicyclic amines) is 1. The standard InChI is InChI=1S/C15H24N4S/c1-2-14-16-15(20-17-14)18-9-7-13-11(10-18)4-3-8-19(13)12-5-6-12/h11-13H,2-10H2,1H3/t11-,13+/m1/s1. The predicted octanol–water partition coefficient (Wildman–Crippen LogP) is 2.55. The molecule has 1 aromatic rings. The summed E-state index contributed by atoms with van der Waals surface area (Å²) >= 11 is 1.59. The van der Waals surface area contributed by atoms with Crippen molar-refractivity contribution < 1.29 is 0 Å². The van der Waals surface area contributed by atoms with E-state index in [2.05, 4.69) is 26.1 Å². The zero-order valence-electron chi connectivity index (χ0n) is 12.3. The molecule has 4 rings (SSSR count). The SMILES string of the molecule is CCc1nsc(N2CC[C@H]3[C@H](CCCN3C3CC3)C2)n1. The zero-order valence-corrected chi connectivity index (χ0v) is 13.1. The molecule has 3 aliphatic rings. The van der Waals surface area contributed by atoms with Crippen molar-refractivity contribution in [2.24, 2.45) is 5.92 Å². The van der Waals surface area contributed by atoms with Crippen LogP contribution in [0.15, 0.2) is 0 Å². The van der Waals surface area contributed by atoms with Gasteiger partial charge >= 0.3 is 0 Å². The van der Waals surface area contributed by atoms with E-state index >= 15 is 0 Å². The Hall–Kier alpha value is -0.680. The minimum atomic E-state index is 0.853. The highest BCUT2D eigenvalue weighted by Gasteiger charge is 2.42. The third kappa shape index (κ3) is 2.35. The minimum absolute atomic E-state index is 0.853. The van der Waals surface area contributed by atoms with Gasteiger partial charge < -0.3 is 4.90 Å². The van der Waals surface area contributed by atoms with Crippen LogP contribution in [0.3, 0.4) is 0 Å². The van der Waals surface area contributed by atoms with Crippen molar-refractivity contribution in [1.29, 1.82) is 0 Å². The largest absolute Gasteiger partial charge is 0.346 e. The van der Waals surface area contributed by atoms with E-state index in [0.29, 0.717) is 0 Å². The van der Waals surface area contributed by atoms with Crippen LogP contribution in [0, 0.1) is 5.92 Å². The van der Waals surface area contributed by atoms with E-state index < -0.39 is 0 Å². The Bertz CT molecular complexity index is 470. The van der Waals surface area contributed by atoms with Crippen molar-refractivity contribution in [3.63, 3.8) is 0 Å². The summed E-state index contributed by atoms with van der Waals surface area (Å²) in [5.74, 6) is 1.86. The molecule has 0 amide bonds. The van der Waals surface area contributed by atoms with Gasteiger partial charge in [0.2, 0.25) is 5.13 Å². The number of aryl methyl sites for hydroxylation is 1. The molecule has 0 aromatic carbocycles. The van der Waals surface area contributed by atoms with Crippen LogP contribution in [0.2, 0.25) is 0 Å².